The lowest BCUT2D eigenvalue weighted by atomic mass is 9.81. The summed E-state index contributed by atoms with van der Waals surface area (Å²) in [6.45, 7) is 2.37. The summed E-state index contributed by atoms with van der Waals surface area (Å²) in [5, 5.41) is 21.7. The van der Waals surface area contributed by atoms with E-state index in [2.05, 4.69) is 9.88 Å². The number of aliphatic carboxylic acids is 1. The minimum absolute atomic E-state index is 0.0614. The van der Waals surface area contributed by atoms with E-state index < -0.39 is 18.0 Å². The molecule has 0 spiro atoms. The topological polar surface area (TPSA) is 96.0 Å². The fourth-order valence-corrected chi connectivity index (χ4v) is 5.58. The number of carbonyl (C=O) groups is 1. The Hall–Kier alpha value is -2.55. The highest BCUT2D eigenvalue weighted by atomic mass is 32.2. The van der Waals surface area contributed by atoms with Gasteiger partial charge in [-0.25, -0.2) is 0 Å². The maximum atomic E-state index is 12.0. The lowest BCUT2D eigenvalue weighted by Crippen LogP contribution is -2.44. The molecular formula is C26H32N2O5S. The predicted molar refractivity (Wildman–Crippen MR) is 132 cm³/mol. The average molecular weight is 485 g/mol. The Bertz CT molecular complexity index is 1070. The Kier molecular flexibility index (Phi) is 8.48. The normalized spacial score (nSPS) is 19.8. The summed E-state index contributed by atoms with van der Waals surface area (Å²) < 4.78 is 10.4. The number of carboxylic acid groups (broad SMARTS) is 1. The van der Waals surface area contributed by atoms with Gasteiger partial charge in [-0.3, -0.25) is 9.78 Å². The van der Waals surface area contributed by atoms with Crippen molar-refractivity contribution >= 4 is 28.6 Å². The summed E-state index contributed by atoms with van der Waals surface area (Å²) in [6, 6.07) is 9.42. The summed E-state index contributed by atoms with van der Waals surface area (Å²) >= 11 is 1.76. The van der Waals surface area contributed by atoms with Gasteiger partial charge in [-0.05, 0) is 86.3 Å². The molecule has 1 aliphatic heterocycles. The molecule has 182 valence electrons. The zero-order valence-corrected chi connectivity index (χ0v) is 20.2. The van der Waals surface area contributed by atoms with Crippen molar-refractivity contribution in [3.8, 4) is 5.75 Å². The number of rotatable bonds is 11. The van der Waals surface area contributed by atoms with Crippen molar-refractivity contribution in [2.75, 3.05) is 32.5 Å². The maximum absolute atomic E-state index is 12.0. The molecule has 1 aliphatic rings. The predicted octanol–water partition coefficient (Wildman–Crippen LogP) is 4.86. The van der Waals surface area contributed by atoms with Crippen molar-refractivity contribution < 1.29 is 24.2 Å². The van der Waals surface area contributed by atoms with Gasteiger partial charge in [0, 0.05) is 23.0 Å². The number of thioether (sulfide) groups is 1. The first-order valence-electron chi connectivity index (χ1n) is 11.8. The molecule has 2 N–H and O–H groups in total. The van der Waals surface area contributed by atoms with Crippen LogP contribution in [0.1, 0.15) is 37.4 Å². The quantitative estimate of drug-likeness (QED) is 0.294. The van der Waals surface area contributed by atoms with Crippen molar-refractivity contribution in [2.24, 2.45) is 11.8 Å². The van der Waals surface area contributed by atoms with Gasteiger partial charge < -0.3 is 24.3 Å². The van der Waals surface area contributed by atoms with Crippen molar-refractivity contribution in [1.82, 2.24) is 9.88 Å². The van der Waals surface area contributed by atoms with E-state index in [1.807, 2.05) is 30.3 Å². The number of ether oxygens (including phenoxy) is 1. The number of aliphatic hydroxyl groups is 1. The van der Waals surface area contributed by atoms with Gasteiger partial charge in [0.1, 0.15) is 12.0 Å². The molecule has 3 heterocycles. The minimum Gasteiger partial charge on any atom is -0.497 e. The molecule has 7 nitrogen and oxygen atoms in total. The summed E-state index contributed by atoms with van der Waals surface area (Å²) in [7, 11) is 1.62. The number of furan rings is 1. The average Bonchev–Trinajstić information content (AvgIpc) is 3.38. The molecular weight excluding hydrogens is 452 g/mol. The number of pyridine rings is 1. The third-order valence-electron chi connectivity index (χ3n) is 6.69. The molecule has 8 heteroatoms. The first-order chi connectivity index (χ1) is 16.5. The van der Waals surface area contributed by atoms with Crippen molar-refractivity contribution in [2.45, 2.75) is 36.7 Å². The molecule has 2 aromatic heterocycles. The third-order valence-corrected chi connectivity index (χ3v) is 7.75. The fourth-order valence-electron chi connectivity index (χ4n) is 4.80. The highest BCUT2D eigenvalue weighted by Crippen LogP contribution is 2.34. The van der Waals surface area contributed by atoms with Crippen LogP contribution in [0, 0.1) is 11.8 Å². The smallest absolute Gasteiger partial charge is 0.308 e. The molecule has 4 rings (SSSR count). The summed E-state index contributed by atoms with van der Waals surface area (Å²) in [6.07, 6.45) is 7.49. The maximum Gasteiger partial charge on any atom is 0.308 e. The Morgan fingerprint density at radius 1 is 1.35 bits per heavy atom. The van der Waals surface area contributed by atoms with E-state index in [0.717, 1.165) is 58.8 Å². The monoisotopic (exact) mass is 484 g/mol. The van der Waals surface area contributed by atoms with Gasteiger partial charge in [0.05, 0.1) is 30.9 Å². The van der Waals surface area contributed by atoms with Gasteiger partial charge in [-0.15, -0.1) is 11.8 Å². The number of benzene rings is 1. The molecule has 34 heavy (non-hydrogen) atoms. The molecule has 0 saturated carbocycles. The van der Waals surface area contributed by atoms with Gasteiger partial charge in [0.2, 0.25) is 0 Å². The number of methoxy groups -OCH3 is 1. The lowest BCUT2D eigenvalue weighted by molar-refractivity contribution is -0.146. The van der Waals surface area contributed by atoms with Crippen LogP contribution in [0.5, 0.6) is 5.75 Å². The van der Waals surface area contributed by atoms with Gasteiger partial charge >= 0.3 is 5.97 Å². The number of hydrogen-bond donors (Lipinski definition) is 2. The van der Waals surface area contributed by atoms with E-state index in [1.54, 1.807) is 37.6 Å². The zero-order valence-electron chi connectivity index (χ0n) is 19.4. The number of carboxylic acids is 1. The van der Waals surface area contributed by atoms with Crippen molar-refractivity contribution in [3.05, 3.63) is 54.6 Å². The second kappa shape index (κ2) is 11.7. The van der Waals surface area contributed by atoms with E-state index in [0.29, 0.717) is 19.4 Å². The van der Waals surface area contributed by atoms with Crippen LogP contribution in [0.15, 0.2) is 58.4 Å². The molecule has 0 bridgehead atoms. The SMILES string of the molecule is COc1ccc2nccc(C(O)CC[C@@H]3CCN(CCCSc4ccoc4)C[C@@H]3C(=O)O)c2c1. The van der Waals surface area contributed by atoms with Gasteiger partial charge in [0.15, 0.2) is 0 Å². The number of nitrogens with zero attached hydrogens (tertiary/aromatic N) is 2. The summed E-state index contributed by atoms with van der Waals surface area (Å²) in [4.78, 5) is 19.8. The summed E-state index contributed by atoms with van der Waals surface area (Å²) in [5.74, 6) is 0.614. The second-order valence-corrected chi connectivity index (χ2v) is 10.00. The van der Waals surface area contributed by atoms with Crippen molar-refractivity contribution in [1.29, 1.82) is 0 Å². The van der Waals surface area contributed by atoms with Crippen LogP contribution >= 0.6 is 11.8 Å². The minimum atomic E-state index is -0.740. The molecule has 0 amide bonds. The molecule has 0 aliphatic carbocycles. The standard InChI is InChI=1S/C26H32N2O5S/c1-32-19-4-5-24-22(15-19)21(7-10-27-24)25(29)6-3-18-8-12-28(16-23(18)26(30)31)11-2-14-34-20-9-13-33-17-20/h4-5,7,9-10,13,15,17-18,23,25,29H,2-3,6,8,11-12,14,16H2,1H3,(H,30,31)/t18-,23+,25?/m1/s1. The molecule has 3 aromatic rings. The largest absolute Gasteiger partial charge is 0.497 e. The van der Waals surface area contributed by atoms with Crippen LogP contribution in [0.2, 0.25) is 0 Å². The van der Waals surface area contributed by atoms with Crippen LogP contribution in [-0.2, 0) is 4.79 Å². The van der Waals surface area contributed by atoms with Gasteiger partial charge in [-0.2, -0.15) is 0 Å². The lowest BCUT2D eigenvalue weighted by Gasteiger charge is -2.37. The fraction of sp³-hybridized carbons (Fsp3) is 0.462. The Balaban J connectivity index is 1.31. The highest BCUT2D eigenvalue weighted by Gasteiger charge is 2.34. The number of fused-ring (bicyclic) bond motifs is 1. The van der Waals surface area contributed by atoms with E-state index in [-0.39, 0.29) is 5.92 Å². The highest BCUT2D eigenvalue weighted by molar-refractivity contribution is 7.99. The van der Waals surface area contributed by atoms with E-state index in [1.165, 1.54) is 0 Å². The van der Waals surface area contributed by atoms with Gasteiger partial charge in [0.25, 0.3) is 0 Å². The molecule has 1 saturated heterocycles. The van der Waals surface area contributed by atoms with Crippen LogP contribution in [0.3, 0.4) is 0 Å². The number of hydrogen-bond acceptors (Lipinski definition) is 7. The third kappa shape index (κ3) is 6.11. The molecule has 1 fully saturated rings. The van der Waals surface area contributed by atoms with Crippen molar-refractivity contribution in [3.63, 3.8) is 0 Å². The second-order valence-electron chi connectivity index (χ2n) is 8.83. The Labute approximate surface area is 204 Å². The Morgan fingerprint density at radius 3 is 3.00 bits per heavy atom. The first-order valence-corrected chi connectivity index (χ1v) is 12.7. The number of likely N-dealkylation sites (tertiary alicyclic amines) is 1. The molecule has 0 radical (unpaired) electrons. The van der Waals surface area contributed by atoms with E-state index in [9.17, 15) is 15.0 Å². The number of piperidine rings is 1. The van der Waals surface area contributed by atoms with Crippen LogP contribution in [0.4, 0.5) is 0 Å². The summed E-state index contributed by atoms with van der Waals surface area (Å²) in [5.41, 5.74) is 1.61. The van der Waals surface area contributed by atoms with Crippen LogP contribution < -0.4 is 4.74 Å². The van der Waals surface area contributed by atoms with Gasteiger partial charge in [-0.1, -0.05) is 0 Å². The Morgan fingerprint density at radius 2 is 2.24 bits per heavy atom. The molecule has 1 unspecified atom stereocenters. The zero-order chi connectivity index (χ0) is 23.9. The van der Waals surface area contributed by atoms with E-state index in [4.69, 9.17) is 9.15 Å². The van der Waals surface area contributed by atoms with E-state index >= 15 is 0 Å². The van der Waals surface area contributed by atoms with Crippen LogP contribution in [0.25, 0.3) is 10.9 Å². The molecule has 1 aromatic carbocycles. The van der Waals surface area contributed by atoms with Crippen LogP contribution in [-0.4, -0.2) is 58.6 Å². The number of aromatic nitrogens is 1. The first kappa shape index (κ1) is 24.6. The molecule has 3 atom stereocenters. The number of aliphatic hydroxyl groups excluding tert-OH is 1.